The number of unbranched alkanes of at least 4 members (excludes halogenated alkanes) is 3. The minimum absolute atomic E-state index is 0.0616. The smallest absolute Gasteiger partial charge is 0.324 e. The lowest BCUT2D eigenvalue weighted by molar-refractivity contribution is 0.120. The average Bonchev–Trinajstić information content (AvgIpc) is 3.24. The van der Waals surface area contributed by atoms with Gasteiger partial charge < -0.3 is 9.74 Å². The fraction of sp³-hybridized carbons (Fsp3) is 0.577. The second kappa shape index (κ2) is 12.7. The van der Waals surface area contributed by atoms with E-state index in [4.69, 9.17) is 4.84 Å². The molecule has 2 aliphatic carbocycles. The molecule has 0 aromatic rings. The van der Waals surface area contributed by atoms with Crippen LogP contribution in [0, 0.1) is 17.8 Å². The summed E-state index contributed by atoms with van der Waals surface area (Å²) in [5.41, 5.74) is 3.99. The molecule has 3 aliphatic rings. The van der Waals surface area contributed by atoms with E-state index in [0.717, 1.165) is 38.5 Å². The van der Waals surface area contributed by atoms with E-state index >= 15 is 0 Å². The van der Waals surface area contributed by atoms with Crippen LogP contribution in [0.15, 0.2) is 59.8 Å². The predicted molar refractivity (Wildman–Crippen MR) is 127 cm³/mol. The van der Waals surface area contributed by atoms with Crippen LogP contribution in [0.1, 0.15) is 52.4 Å². The highest BCUT2D eigenvalue weighted by Crippen LogP contribution is 2.39. The monoisotopic (exact) mass is 461 g/mol. The maximum Gasteiger partial charge on any atom is 0.324 e. The topological polar surface area (TPSA) is 53.6 Å². The number of alkyl halides is 1. The first-order chi connectivity index (χ1) is 16.0. The summed E-state index contributed by atoms with van der Waals surface area (Å²) in [5.74, 6) is -0.356. The zero-order chi connectivity index (χ0) is 23.6. The first kappa shape index (κ1) is 25.2. The largest absolute Gasteiger partial charge is 0.390 e. The van der Waals surface area contributed by atoms with Crippen molar-refractivity contribution in [3.05, 3.63) is 59.8 Å². The van der Waals surface area contributed by atoms with E-state index in [9.17, 15) is 13.6 Å². The molecule has 1 aliphatic heterocycles. The minimum atomic E-state index is -1.54. The van der Waals surface area contributed by atoms with E-state index in [2.05, 4.69) is 35.9 Å². The number of amides is 2. The van der Waals surface area contributed by atoms with Crippen molar-refractivity contribution in [3.63, 3.8) is 0 Å². The Morgan fingerprint density at radius 2 is 2.00 bits per heavy atom. The van der Waals surface area contributed by atoms with Gasteiger partial charge in [-0.3, -0.25) is 5.32 Å². The number of halogens is 2. The molecule has 5 nitrogen and oxygen atoms in total. The third-order valence-corrected chi connectivity index (χ3v) is 6.73. The van der Waals surface area contributed by atoms with Crippen molar-refractivity contribution >= 4 is 6.03 Å². The molecule has 0 fully saturated rings. The summed E-state index contributed by atoms with van der Waals surface area (Å²) in [6.45, 7) is 6.01. The van der Waals surface area contributed by atoms with Gasteiger partial charge in [-0.25, -0.2) is 13.6 Å². The Kier molecular flexibility index (Phi) is 9.73. The van der Waals surface area contributed by atoms with Gasteiger partial charge >= 0.3 is 6.03 Å². The number of urea groups is 1. The molecule has 3 rings (SSSR count). The van der Waals surface area contributed by atoms with Crippen LogP contribution in [-0.2, 0) is 4.84 Å². The van der Waals surface area contributed by atoms with Gasteiger partial charge in [-0.2, -0.15) is 5.48 Å². The van der Waals surface area contributed by atoms with Gasteiger partial charge in [-0.1, -0.05) is 55.7 Å². The number of hydrogen-bond acceptors (Lipinski definition) is 3. The molecule has 0 saturated heterocycles. The number of carbonyl (C=O) groups excluding carboxylic acids is 1. The van der Waals surface area contributed by atoms with Gasteiger partial charge in [0.1, 0.15) is 5.83 Å². The molecule has 1 heterocycles. The summed E-state index contributed by atoms with van der Waals surface area (Å²) in [5, 5.41) is 2.76. The van der Waals surface area contributed by atoms with Crippen LogP contribution in [-0.4, -0.2) is 36.7 Å². The number of allylic oxidation sites excluding steroid dienone is 8. The van der Waals surface area contributed by atoms with Crippen LogP contribution in [0.2, 0.25) is 0 Å². The standard InChI is InChI=1S/C26H37F2N3O2/c1-3-31(26(32)30-24-15-16-29-33-24)17-7-5-4-6-11-20-12-8-10-19(2)22(18-20)21-13-9-14-23(27)25(21)28/h8-10,12-15,19,21-22,25,29H,3-7,11,16-18H2,1-2H3,(H,30,32)/t19-,21-,22?,25?/m0/s1. The van der Waals surface area contributed by atoms with Gasteiger partial charge in [0, 0.05) is 19.0 Å². The van der Waals surface area contributed by atoms with Crippen molar-refractivity contribution < 1.29 is 18.4 Å². The van der Waals surface area contributed by atoms with Crippen LogP contribution in [0.4, 0.5) is 13.6 Å². The Balaban J connectivity index is 1.38. The number of hydroxylamine groups is 1. The first-order valence-corrected chi connectivity index (χ1v) is 12.2. The summed E-state index contributed by atoms with van der Waals surface area (Å²) in [7, 11) is 0. The Labute approximate surface area is 196 Å². The van der Waals surface area contributed by atoms with E-state index in [0.29, 0.717) is 25.5 Å². The zero-order valence-corrected chi connectivity index (χ0v) is 19.7. The van der Waals surface area contributed by atoms with Gasteiger partial charge in [0.05, 0.1) is 6.54 Å². The number of hydrogen-bond donors (Lipinski definition) is 2. The molecule has 4 atom stereocenters. The van der Waals surface area contributed by atoms with Crippen molar-refractivity contribution in [1.29, 1.82) is 0 Å². The van der Waals surface area contributed by atoms with Crippen LogP contribution in [0.25, 0.3) is 0 Å². The van der Waals surface area contributed by atoms with E-state index < -0.39 is 17.9 Å². The van der Waals surface area contributed by atoms with Gasteiger partial charge in [-0.15, -0.1) is 0 Å². The van der Waals surface area contributed by atoms with Gasteiger partial charge in [-0.05, 0) is 56.6 Å². The summed E-state index contributed by atoms with van der Waals surface area (Å²) < 4.78 is 28.4. The molecule has 33 heavy (non-hydrogen) atoms. The highest BCUT2D eigenvalue weighted by molar-refractivity contribution is 5.75. The molecule has 0 aromatic carbocycles. The first-order valence-electron chi connectivity index (χ1n) is 12.2. The third-order valence-electron chi connectivity index (χ3n) is 6.73. The van der Waals surface area contributed by atoms with Gasteiger partial charge in [0.2, 0.25) is 5.88 Å². The van der Waals surface area contributed by atoms with Crippen molar-refractivity contribution in [2.24, 2.45) is 17.8 Å². The summed E-state index contributed by atoms with van der Waals surface area (Å²) >= 11 is 0. The Morgan fingerprint density at radius 1 is 1.21 bits per heavy atom. The van der Waals surface area contributed by atoms with Crippen molar-refractivity contribution in [2.45, 2.75) is 58.5 Å². The lowest BCUT2D eigenvalue weighted by Crippen LogP contribution is -2.40. The molecule has 0 bridgehead atoms. The van der Waals surface area contributed by atoms with E-state index in [-0.39, 0.29) is 17.9 Å². The number of nitrogens with one attached hydrogen (secondary N) is 2. The molecule has 0 spiro atoms. The fourth-order valence-corrected chi connectivity index (χ4v) is 4.72. The van der Waals surface area contributed by atoms with Crippen LogP contribution >= 0.6 is 0 Å². The van der Waals surface area contributed by atoms with Crippen molar-refractivity contribution in [3.8, 4) is 0 Å². The molecular formula is C26H37F2N3O2. The summed E-state index contributed by atoms with van der Waals surface area (Å²) in [6, 6.07) is -0.141. The molecule has 0 aromatic heterocycles. The molecule has 2 amide bonds. The molecule has 7 heteroatoms. The average molecular weight is 462 g/mol. The van der Waals surface area contributed by atoms with Gasteiger partial charge in [0.15, 0.2) is 6.17 Å². The highest BCUT2D eigenvalue weighted by atomic mass is 19.2. The Bertz CT molecular complexity index is 818. The van der Waals surface area contributed by atoms with E-state index in [1.165, 1.54) is 11.6 Å². The van der Waals surface area contributed by atoms with Crippen molar-refractivity contribution in [2.75, 3.05) is 19.6 Å². The third kappa shape index (κ3) is 7.29. The van der Waals surface area contributed by atoms with Crippen LogP contribution in [0.5, 0.6) is 0 Å². The number of rotatable bonds is 10. The van der Waals surface area contributed by atoms with Crippen molar-refractivity contribution in [1.82, 2.24) is 15.7 Å². The Morgan fingerprint density at radius 3 is 2.76 bits per heavy atom. The predicted octanol–water partition coefficient (Wildman–Crippen LogP) is 5.86. The maximum absolute atomic E-state index is 14.5. The molecule has 0 radical (unpaired) electrons. The lowest BCUT2D eigenvalue weighted by Gasteiger charge is -2.31. The summed E-state index contributed by atoms with van der Waals surface area (Å²) in [6.07, 6.45) is 17.2. The number of carbonyl (C=O) groups is 1. The quantitative estimate of drug-likeness (QED) is 0.401. The molecule has 2 N–H and O–H groups in total. The second-order valence-electron chi connectivity index (χ2n) is 9.05. The molecule has 0 saturated carbocycles. The van der Waals surface area contributed by atoms with Crippen LogP contribution in [0.3, 0.4) is 0 Å². The van der Waals surface area contributed by atoms with Crippen LogP contribution < -0.4 is 10.8 Å². The highest BCUT2D eigenvalue weighted by Gasteiger charge is 2.35. The molecular weight excluding hydrogens is 424 g/mol. The van der Waals surface area contributed by atoms with E-state index in [1.807, 2.05) is 13.0 Å². The second-order valence-corrected chi connectivity index (χ2v) is 9.05. The summed E-state index contributed by atoms with van der Waals surface area (Å²) in [4.78, 5) is 19.2. The molecule has 2 unspecified atom stereocenters. The SMILES string of the molecule is CCN(CCCCCCC1=CC=C[C@H](C)C([C@@H]2C=CC=C(F)C2F)C1)C(=O)NC1=CCNO1. The fourth-order valence-electron chi connectivity index (χ4n) is 4.72. The zero-order valence-electron chi connectivity index (χ0n) is 19.7. The lowest BCUT2D eigenvalue weighted by atomic mass is 9.75. The number of nitrogens with zero attached hydrogens (tertiary/aromatic N) is 1. The Hall–Kier alpha value is -2.41. The van der Waals surface area contributed by atoms with Gasteiger partial charge in [0.25, 0.3) is 0 Å². The normalized spacial score (nSPS) is 26.7. The van der Waals surface area contributed by atoms with E-state index in [1.54, 1.807) is 17.1 Å². The molecule has 182 valence electrons. The maximum atomic E-state index is 14.5. The minimum Gasteiger partial charge on any atom is -0.390 e.